The van der Waals surface area contributed by atoms with Gasteiger partial charge in [-0.1, -0.05) is 19.8 Å². The maximum absolute atomic E-state index is 5.48. The van der Waals surface area contributed by atoms with Gasteiger partial charge < -0.3 is 10.1 Å². The highest BCUT2D eigenvalue weighted by Gasteiger charge is 2.18. The van der Waals surface area contributed by atoms with Crippen LogP contribution in [0.15, 0.2) is 4.99 Å². The molecule has 0 radical (unpaired) electrons. The van der Waals surface area contributed by atoms with Crippen LogP contribution in [0.1, 0.15) is 39.5 Å². The Morgan fingerprint density at radius 3 is 2.88 bits per heavy atom. The van der Waals surface area contributed by atoms with Gasteiger partial charge in [0.15, 0.2) is 0 Å². The SMILES string of the molecule is COCC(C)NC(=NC1CCCC(C)C1)NN. The van der Waals surface area contributed by atoms with Crippen LogP contribution in [0.5, 0.6) is 0 Å². The molecule has 0 bridgehead atoms. The van der Waals surface area contributed by atoms with Crippen LogP contribution >= 0.6 is 0 Å². The third-order valence-corrected chi connectivity index (χ3v) is 3.16. The van der Waals surface area contributed by atoms with Crippen LogP contribution in [0.2, 0.25) is 0 Å². The fraction of sp³-hybridized carbons (Fsp3) is 0.917. The number of nitrogens with zero attached hydrogens (tertiary/aromatic N) is 1. The molecule has 0 saturated heterocycles. The number of nitrogens with one attached hydrogen (secondary N) is 2. The zero-order valence-electron chi connectivity index (χ0n) is 11.2. The van der Waals surface area contributed by atoms with Gasteiger partial charge in [0.25, 0.3) is 0 Å². The number of ether oxygens (including phenoxy) is 1. The van der Waals surface area contributed by atoms with Crippen LogP contribution in [-0.4, -0.2) is 31.8 Å². The van der Waals surface area contributed by atoms with E-state index in [-0.39, 0.29) is 6.04 Å². The summed E-state index contributed by atoms with van der Waals surface area (Å²) in [6, 6.07) is 0.600. The topological polar surface area (TPSA) is 71.7 Å². The fourth-order valence-electron chi connectivity index (χ4n) is 2.34. The van der Waals surface area contributed by atoms with Gasteiger partial charge in [-0.05, 0) is 25.7 Å². The lowest BCUT2D eigenvalue weighted by Crippen LogP contribution is -2.47. The Morgan fingerprint density at radius 2 is 2.29 bits per heavy atom. The second kappa shape index (κ2) is 7.50. The quantitative estimate of drug-likeness (QED) is 0.298. The van der Waals surface area contributed by atoms with Crippen LogP contribution in [0, 0.1) is 5.92 Å². The molecule has 1 saturated carbocycles. The highest BCUT2D eigenvalue weighted by molar-refractivity contribution is 5.79. The van der Waals surface area contributed by atoms with Gasteiger partial charge in [-0.2, -0.15) is 0 Å². The predicted molar refractivity (Wildman–Crippen MR) is 70.7 cm³/mol. The standard InChI is InChI=1S/C12H26N4O/c1-9-5-4-6-11(7-9)15-12(16-13)14-10(2)8-17-3/h9-11H,4-8,13H2,1-3H3,(H2,14,15,16). The van der Waals surface area contributed by atoms with Crippen molar-refractivity contribution in [3.8, 4) is 0 Å². The molecular weight excluding hydrogens is 216 g/mol. The molecule has 4 N–H and O–H groups in total. The molecule has 1 rings (SSSR count). The van der Waals surface area contributed by atoms with Gasteiger partial charge in [0.1, 0.15) is 0 Å². The van der Waals surface area contributed by atoms with Crippen LogP contribution in [-0.2, 0) is 4.74 Å². The smallest absolute Gasteiger partial charge is 0.206 e. The van der Waals surface area contributed by atoms with E-state index in [0.717, 1.165) is 18.8 Å². The summed E-state index contributed by atoms with van der Waals surface area (Å²) in [5.41, 5.74) is 2.64. The molecule has 0 heterocycles. The molecule has 0 aromatic rings. The Labute approximate surface area is 104 Å². The fourth-order valence-corrected chi connectivity index (χ4v) is 2.34. The zero-order valence-corrected chi connectivity index (χ0v) is 11.2. The van der Waals surface area contributed by atoms with E-state index in [9.17, 15) is 0 Å². The number of aliphatic imine (C=N–C) groups is 1. The molecule has 1 aliphatic carbocycles. The van der Waals surface area contributed by atoms with E-state index in [1.54, 1.807) is 7.11 Å². The molecule has 1 aliphatic rings. The van der Waals surface area contributed by atoms with E-state index in [2.05, 4.69) is 22.7 Å². The van der Waals surface area contributed by atoms with E-state index in [1.807, 2.05) is 6.92 Å². The Bertz CT molecular complexity index is 245. The van der Waals surface area contributed by atoms with Crippen molar-refractivity contribution in [1.29, 1.82) is 0 Å². The summed E-state index contributed by atoms with van der Waals surface area (Å²) in [6.07, 6.45) is 4.91. The summed E-state index contributed by atoms with van der Waals surface area (Å²) in [6.45, 7) is 4.97. The third-order valence-electron chi connectivity index (χ3n) is 3.16. The van der Waals surface area contributed by atoms with Gasteiger partial charge in [-0.3, -0.25) is 5.43 Å². The monoisotopic (exact) mass is 242 g/mol. The molecule has 3 unspecified atom stereocenters. The summed E-state index contributed by atoms with van der Waals surface area (Å²) >= 11 is 0. The molecule has 0 aliphatic heterocycles. The minimum atomic E-state index is 0.204. The van der Waals surface area contributed by atoms with E-state index < -0.39 is 0 Å². The molecule has 1 fully saturated rings. The van der Waals surface area contributed by atoms with Gasteiger partial charge in [0.2, 0.25) is 5.96 Å². The van der Waals surface area contributed by atoms with Crippen molar-refractivity contribution in [2.45, 2.75) is 51.6 Å². The maximum Gasteiger partial charge on any atom is 0.206 e. The average Bonchev–Trinajstić information content (AvgIpc) is 2.28. The number of methoxy groups -OCH3 is 1. The minimum absolute atomic E-state index is 0.204. The van der Waals surface area contributed by atoms with Crippen LogP contribution in [0.25, 0.3) is 0 Å². The number of hydrazine groups is 1. The summed E-state index contributed by atoms with van der Waals surface area (Å²) in [7, 11) is 1.69. The van der Waals surface area contributed by atoms with E-state index in [0.29, 0.717) is 18.6 Å². The highest BCUT2D eigenvalue weighted by Crippen LogP contribution is 2.25. The summed E-state index contributed by atoms with van der Waals surface area (Å²) in [4.78, 5) is 4.64. The Balaban J connectivity index is 2.47. The highest BCUT2D eigenvalue weighted by atomic mass is 16.5. The van der Waals surface area contributed by atoms with Gasteiger partial charge in [-0.25, -0.2) is 10.8 Å². The third kappa shape index (κ3) is 5.37. The number of nitrogens with two attached hydrogens (primary N) is 1. The second-order valence-electron chi connectivity index (χ2n) is 5.05. The lowest BCUT2D eigenvalue weighted by Gasteiger charge is -2.25. The number of guanidine groups is 1. The molecule has 0 amide bonds. The zero-order chi connectivity index (χ0) is 12.7. The average molecular weight is 242 g/mol. The van der Waals surface area contributed by atoms with Crippen molar-refractivity contribution in [2.24, 2.45) is 16.8 Å². The summed E-state index contributed by atoms with van der Waals surface area (Å²) in [5, 5.41) is 3.22. The minimum Gasteiger partial charge on any atom is -0.383 e. The molecular formula is C12H26N4O. The Kier molecular flexibility index (Phi) is 6.29. The molecule has 100 valence electrons. The van der Waals surface area contributed by atoms with E-state index >= 15 is 0 Å². The maximum atomic E-state index is 5.48. The van der Waals surface area contributed by atoms with Crippen molar-refractivity contribution in [2.75, 3.05) is 13.7 Å². The normalized spacial score (nSPS) is 27.6. The van der Waals surface area contributed by atoms with Gasteiger partial charge in [0, 0.05) is 13.2 Å². The first-order valence-corrected chi connectivity index (χ1v) is 6.45. The van der Waals surface area contributed by atoms with Crippen molar-refractivity contribution in [1.82, 2.24) is 10.7 Å². The predicted octanol–water partition coefficient (Wildman–Crippen LogP) is 1.01. The molecule has 0 aromatic heterocycles. The molecule has 0 aromatic carbocycles. The van der Waals surface area contributed by atoms with Gasteiger partial charge in [-0.15, -0.1) is 0 Å². The Hall–Kier alpha value is -0.810. The van der Waals surface area contributed by atoms with Crippen molar-refractivity contribution in [3.63, 3.8) is 0 Å². The van der Waals surface area contributed by atoms with E-state index in [4.69, 9.17) is 10.6 Å². The van der Waals surface area contributed by atoms with Gasteiger partial charge >= 0.3 is 0 Å². The number of rotatable bonds is 4. The molecule has 5 nitrogen and oxygen atoms in total. The number of hydrogen-bond acceptors (Lipinski definition) is 3. The van der Waals surface area contributed by atoms with Gasteiger partial charge in [0.05, 0.1) is 12.6 Å². The van der Waals surface area contributed by atoms with E-state index in [1.165, 1.54) is 12.8 Å². The summed E-state index contributed by atoms with van der Waals surface area (Å²) < 4.78 is 5.07. The molecule has 5 heteroatoms. The number of hydrogen-bond donors (Lipinski definition) is 3. The molecule has 0 spiro atoms. The Morgan fingerprint density at radius 1 is 1.53 bits per heavy atom. The lowest BCUT2D eigenvalue weighted by atomic mass is 9.87. The van der Waals surface area contributed by atoms with Crippen molar-refractivity contribution in [3.05, 3.63) is 0 Å². The first kappa shape index (κ1) is 14.3. The van der Waals surface area contributed by atoms with Crippen molar-refractivity contribution >= 4 is 5.96 Å². The second-order valence-corrected chi connectivity index (χ2v) is 5.05. The largest absolute Gasteiger partial charge is 0.383 e. The first-order chi connectivity index (χ1) is 8.15. The van der Waals surface area contributed by atoms with Crippen LogP contribution in [0.4, 0.5) is 0 Å². The first-order valence-electron chi connectivity index (χ1n) is 6.45. The summed E-state index contributed by atoms with van der Waals surface area (Å²) in [5.74, 6) is 6.93. The molecule has 3 atom stereocenters. The van der Waals surface area contributed by atoms with Crippen LogP contribution < -0.4 is 16.6 Å². The molecule has 17 heavy (non-hydrogen) atoms. The van der Waals surface area contributed by atoms with Crippen molar-refractivity contribution < 1.29 is 4.74 Å². The lowest BCUT2D eigenvalue weighted by molar-refractivity contribution is 0.179. The van der Waals surface area contributed by atoms with Crippen LogP contribution in [0.3, 0.4) is 0 Å².